The largest absolute Gasteiger partial charge is 0.352 e. The van der Waals surface area contributed by atoms with E-state index in [1.165, 1.54) is 12.1 Å². The van der Waals surface area contributed by atoms with Crippen molar-refractivity contribution in [1.82, 2.24) is 9.97 Å². The fourth-order valence-corrected chi connectivity index (χ4v) is 3.51. The zero-order valence-corrected chi connectivity index (χ0v) is 11.6. The summed E-state index contributed by atoms with van der Waals surface area (Å²) in [4.78, 5) is 9.11. The summed E-state index contributed by atoms with van der Waals surface area (Å²) in [6.45, 7) is 1.99. The fraction of sp³-hybridized carbons (Fsp3) is 0.0625. The van der Waals surface area contributed by atoms with Crippen molar-refractivity contribution in [3.05, 3.63) is 54.0 Å². The van der Waals surface area contributed by atoms with E-state index >= 15 is 0 Å². The van der Waals surface area contributed by atoms with E-state index in [0.29, 0.717) is 0 Å². The molecule has 0 amide bonds. The third kappa shape index (κ3) is 1.72. The molecule has 0 radical (unpaired) electrons. The van der Waals surface area contributed by atoms with E-state index in [0.717, 1.165) is 37.4 Å². The minimum atomic E-state index is -0.210. The highest BCUT2D eigenvalue weighted by Crippen LogP contribution is 2.37. The van der Waals surface area contributed by atoms with Crippen LogP contribution in [0.4, 0.5) is 4.39 Å². The molecule has 98 valence electrons. The predicted octanol–water partition coefficient (Wildman–Crippen LogP) is 4.89. The zero-order valence-electron chi connectivity index (χ0n) is 10.8. The van der Waals surface area contributed by atoms with Gasteiger partial charge >= 0.3 is 0 Å². The SMILES string of the molecule is Cc1ccc2[nH]c3cc(-c4ccc(F)cc4)sc3c2n1. The second-order valence-corrected chi connectivity index (χ2v) is 5.89. The van der Waals surface area contributed by atoms with E-state index in [9.17, 15) is 4.39 Å². The predicted molar refractivity (Wildman–Crippen MR) is 81.6 cm³/mol. The van der Waals surface area contributed by atoms with Crippen molar-refractivity contribution in [1.29, 1.82) is 0 Å². The highest BCUT2D eigenvalue weighted by molar-refractivity contribution is 7.23. The van der Waals surface area contributed by atoms with Gasteiger partial charge in [0.15, 0.2) is 0 Å². The Morgan fingerprint density at radius 1 is 1.05 bits per heavy atom. The number of halogens is 1. The standard InChI is InChI=1S/C16H11FN2S/c1-9-2-7-12-15(18-9)16-13(19-12)8-14(20-16)10-3-5-11(17)6-4-10/h2-8,19H,1H3. The normalized spacial score (nSPS) is 11.5. The van der Waals surface area contributed by atoms with E-state index in [1.807, 2.05) is 13.0 Å². The number of benzene rings is 1. The smallest absolute Gasteiger partial charge is 0.123 e. The van der Waals surface area contributed by atoms with Gasteiger partial charge in [-0.2, -0.15) is 0 Å². The molecule has 0 bridgehead atoms. The third-order valence-corrected chi connectivity index (χ3v) is 4.57. The number of hydrogen-bond acceptors (Lipinski definition) is 2. The first kappa shape index (κ1) is 11.6. The van der Waals surface area contributed by atoms with Crippen molar-refractivity contribution >= 4 is 32.6 Å². The van der Waals surface area contributed by atoms with Crippen LogP contribution >= 0.6 is 11.3 Å². The molecule has 0 saturated carbocycles. The Balaban J connectivity index is 1.94. The lowest BCUT2D eigenvalue weighted by Crippen LogP contribution is -1.79. The molecule has 4 heteroatoms. The second kappa shape index (κ2) is 4.15. The molecule has 20 heavy (non-hydrogen) atoms. The maximum absolute atomic E-state index is 13.0. The van der Waals surface area contributed by atoms with Gasteiger partial charge < -0.3 is 4.98 Å². The van der Waals surface area contributed by atoms with Crippen LogP contribution in [0.5, 0.6) is 0 Å². The Morgan fingerprint density at radius 2 is 1.85 bits per heavy atom. The third-order valence-electron chi connectivity index (χ3n) is 3.38. The molecule has 0 aliphatic carbocycles. The van der Waals surface area contributed by atoms with Gasteiger partial charge in [-0.3, -0.25) is 0 Å². The van der Waals surface area contributed by atoms with Crippen LogP contribution in [-0.4, -0.2) is 9.97 Å². The van der Waals surface area contributed by atoms with Gasteiger partial charge in [-0.05, 0) is 42.8 Å². The molecule has 1 N–H and O–H groups in total. The van der Waals surface area contributed by atoms with Crippen LogP contribution in [-0.2, 0) is 0 Å². The van der Waals surface area contributed by atoms with Gasteiger partial charge in [0.25, 0.3) is 0 Å². The molecule has 0 unspecified atom stereocenters. The van der Waals surface area contributed by atoms with Gasteiger partial charge in [-0.25, -0.2) is 9.37 Å². The first-order chi connectivity index (χ1) is 9.70. The number of nitrogens with one attached hydrogen (secondary N) is 1. The average molecular weight is 282 g/mol. The molecule has 0 atom stereocenters. The van der Waals surface area contributed by atoms with Crippen molar-refractivity contribution in [3.63, 3.8) is 0 Å². The number of pyridine rings is 1. The molecule has 2 nitrogen and oxygen atoms in total. The topological polar surface area (TPSA) is 28.7 Å². The maximum Gasteiger partial charge on any atom is 0.123 e. The molecule has 4 rings (SSSR count). The number of aryl methyl sites for hydroxylation is 1. The van der Waals surface area contributed by atoms with E-state index in [2.05, 4.69) is 22.1 Å². The molecule has 0 fully saturated rings. The van der Waals surface area contributed by atoms with E-state index in [4.69, 9.17) is 0 Å². The van der Waals surface area contributed by atoms with E-state index in [1.54, 1.807) is 23.5 Å². The zero-order chi connectivity index (χ0) is 13.7. The summed E-state index contributed by atoms with van der Waals surface area (Å²) in [6, 6.07) is 12.8. The first-order valence-electron chi connectivity index (χ1n) is 6.35. The summed E-state index contributed by atoms with van der Waals surface area (Å²) in [5.41, 5.74) is 5.19. The number of fused-ring (bicyclic) bond motifs is 3. The van der Waals surface area contributed by atoms with Crippen molar-refractivity contribution in [2.45, 2.75) is 6.92 Å². The molecule has 0 aliphatic heterocycles. The van der Waals surface area contributed by atoms with Crippen LogP contribution in [0.1, 0.15) is 5.69 Å². The number of thiophene rings is 1. The van der Waals surface area contributed by atoms with Gasteiger partial charge in [0.1, 0.15) is 11.3 Å². The van der Waals surface area contributed by atoms with Gasteiger partial charge in [-0.15, -0.1) is 11.3 Å². The lowest BCUT2D eigenvalue weighted by molar-refractivity contribution is 0.628. The van der Waals surface area contributed by atoms with Crippen molar-refractivity contribution < 1.29 is 4.39 Å². The highest BCUT2D eigenvalue weighted by Gasteiger charge is 2.11. The summed E-state index contributed by atoms with van der Waals surface area (Å²) in [7, 11) is 0. The summed E-state index contributed by atoms with van der Waals surface area (Å²) in [6.07, 6.45) is 0. The monoisotopic (exact) mass is 282 g/mol. The van der Waals surface area contributed by atoms with Crippen molar-refractivity contribution in [2.75, 3.05) is 0 Å². The van der Waals surface area contributed by atoms with Gasteiger partial charge in [0.2, 0.25) is 0 Å². The lowest BCUT2D eigenvalue weighted by atomic mass is 10.2. The molecule has 0 saturated heterocycles. The second-order valence-electron chi connectivity index (χ2n) is 4.83. The number of aromatic nitrogens is 2. The number of H-pyrrole nitrogens is 1. The van der Waals surface area contributed by atoms with E-state index < -0.39 is 0 Å². The van der Waals surface area contributed by atoms with Crippen LogP contribution in [0.3, 0.4) is 0 Å². The van der Waals surface area contributed by atoms with Crippen LogP contribution in [0.2, 0.25) is 0 Å². The first-order valence-corrected chi connectivity index (χ1v) is 7.17. The number of aromatic amines is 1. The number of hydrogen-bond donors (Lipinski definition) is 1. The molecular weight excluding hydrogens is 271 g/mol. The Bertz CT molecular complexity index is 919. The van der Waals surface area contributed by atoms with Crippen LogP contribution in [0, 0.1) is 12.7 Å². The molecule has 3 aromatic heterocycles. The fourth-order valence-electron chi connectivity index (χ4n) is 2.39. The Labute approximate surface area is 118 Å². The lowest BCUT2D eigenvalue weighted by Gasteiger charge is -1.96. The van der Waals surface area contributed by atoms with Crippen molar-refractivity contribution in [3.8, 4) is 10.4 Å². The molecule has 0 aliphatic rings. The highest BCUT2D eigenvalue weighted by atomic mass is 32.1. The molecule has 4 aromatic rings. The quantitative estimate of drug-likeness (QED) is 0.529. The minimum Gasteiger partial charge on any atom is -0.352 e. The van der Waals surface area contributed by atoms with Crippen LogP contribution < -0.4 is 0 Å². The molecule has 3 heterocycles. The van der Waals surface area contributed by atoms with Gasteiger partial charge in [-0.1, -0.05) is 12.1 Å². The van der Waals surface area contributed by atoms with Crippen LogP contribution in [0.25, 0.3) is 31.7 Å². The molecular formula is C16H11FN2S. The van der Waals surface area contributed by atoms with Crippen LogP contribution in [0.15, 0.2) is 42.5 Å². The minimum absolute atomic E-state index is 0.210. The Kier molecular flexibility index (Phi) is 2.41. The maximum atomic E-state index is 13.0. The van der Waals surface area contributed by atoms with Gasteiger partial charge in [0, 0.05) is 10.6 Å². The Hall–Kier alpha value is -2.20. The molecule has 0 spiro atoms. The summed E-state index contributed by atoms with van der Waals surface area (Å²) < 4.78 is 14.1. The summed E-state index contributed by atoms with van der Waals surface area (Å²) >= 11 is 1.68. The Morgan fingerprint density at radius 3 is 2.65 bits per heavy atom. The number of nitrogens with zero attached hydrogens (tertiary/aromatic N) is 1. The van der Waals surface area contributed by atoms with Crippen molar-refractivity contribution in [2.24, 2.45) is 0 Å². The van der Waals surface area contributed by atoms with E-state index in [-0.39, 0.29) is 5.82 Å². The van der Waals surface area contributed by atoms with Gasteiger partial charge in [0.05, 0.1) is 15.7 Å². The number of rotatable bonds is 1. The summed E-state index contributed by atoms with van der Waals surface area (Å²) in [5, 5.41) is 0. The summed E-state index contributed by atoms with van der Waals surface area (Å²) in [5.74, 6) is -0.210. The molecule has 1 aromatic carbocycles. The average Bonchev–Trinajstić information content (AvgIpc) is 2.98.